The number of hydrogen-bond acceptors (Lipinski definition) is 6. The molecule has 2 aliphatic heterocycles. The molecule has 0 saturated carbocycles. The molecule has 0 fully saturated rings. The Morgan fingerprint density at radius 2 is 0.500 bits per heavy atom. The van der Waals surface area contributed by atoms with Crippen molar-refractivity contribution >= 4 is 45.1 Å². The molecule has 0 atom stereocenters. The lowest BCUT2D eigenvalue weighted by Crippen LogP contribution is -2.32. The van der Waals surface area contributed by atoms with Crippen LogP contribution < -0.4 is 0 Å². The van der Waals surface area contributed by atoms with Crippen LogP contribution in [-0.2, 0) is 10.8 Å². The van der Waals surface area contributed by atoms with Crippen LogP contribution in [0.4, 0.5) is 0 Å². The van der Waals surface area contributed by atoms with Crippen molar-refractivity contribution < 1.29 is 0 Å². The smallest absolute Gasteiger partial charge is 0.160 e. The summed E-state index contributed by atoms with van der Waals surface area (Å²) in [6.07, 6.45) is 0. The van der Waals surface area contributed by atoms with Gasteiger partial charge in [-0.05, 0) is 188 Å². The monoisotopic (exact) mass is 1410 g/mol. The molecule has 0 unspecified atom stereocenters. The van der Waals surface area contributed by atoms with Gasteiger partial charge in [-0.1, -0.05) is 333 Å². The number of rotatable bonds is 9. The first kappa shape index (κ1) is 62.3. The van der Waals surface area contributed by atoms with Crippen LogP contribution in [-0.4, -0.2) is 19.9 Å². The molecule has 0 radical (unpaired) electrons. The molecule has 6 heteroatoms. The summed E-state index contributed by atoms with van der Waals surface area (Å²) in [4.78, 5) is 26.2. The van der Waals surface area contributed by atoms with Crippen LogP contribution in [0.3, 0.4) is 0 Å². The van der Waals surface area contributed by atoms with Crippen molar-refractivity contribution in [1.29, 1.82) is 0 Å². The normalized spacial score (nSPS) is 13.4. The van der Waals surface area contributed by atoms with E-state index in [1.54, 1.807) is 0 Å². The summed E-state index contributed by atoms with van der Waals surface area (Å²) < 4.78 is 0. The zero-order valence-corrected chi connectivity index (χ0v) is 60.0. The highest BCUT2D eigenvalue weighted by Crippen LogP contribution is 2.65. The van der Waals surface area contributed by atoms with Crippen LogP contribution >= 0.6 is 23.5 Å². The quantitative estimate of drug-likeness (QED) is 0.144. The fourth-order valence-corrected chi connectivity index (χ4v) is 20.2. The molecule has 16 aromatic carbocycles. The first-order valence-electron chi connectivity index (χ1n) is 36.9. The van der Waals surface area contributed by atoms with E-state index in [0.29, 0.717) is 11.6 Å². The average Bonchev–Trinajstić information content (AvgIpc) is 1.49. The molecule has 0 amide bonds. The molecule has 4 nitrogen and oxygen atoms in total. The van der Waals surface area contributed by atoms with Crippen molar-refractivity contribution in [3.05, 3.63) is 421 Å². The van der Waals surface area contributed by atoms with Gasteiger partial charge in [0, 0.05) is 53.0 Å². The second-order valence-corrected chi connectivity index (χ2v) is 30.8. The molecule has 18 aromatic rings. The van der Waals surface area contributed by atoms with Crippen LogP contribution in [0, 0.1) is 0 Å². The van der Waals surface area contributed by atoms with E-state index in [2.05, 4.69) is 352 Å². The fourth-order valence-electron chi connectivity index (χ4n) is 17.9. The van der Waals surface area contributed by atoms with Gasteiger partial charge in [-0.15, -0.1) is 0 Å². The minimum Gasteiger partial charge on any atom is -0.228 e. The second-order valence-electron chi connectivity index (χ2n) is 28.6. The third kappa shape index (κ3) is 9.73. The van der Waals surface area contributed by atoms with E-state index < -0.39 is 10.8 Å². The predicted octanol–water partition coefficient (Wildman–Crippen LogP) is 26.2. The summed E-state index contributed by atoms with van der Waals surface area (Å²) in [6, 6.07) is 138. The van der Waals surface area contributed by atoms with Crippen molar-refractivity contribution in [3.8, 4) is 123 Å². The summed E-state index contributed by atoms with van der Waals surface area (Å²) in [5.41, 5.74) is 31.2. The predicted molar refractivity (Wildman–Crippen MR) is 444 cm³/mol. The third-order valence-electron chi connectivity index (χ3n) is 22.9. The highest BCUT2D eigenvalue weighted by atomic mass is 32.2. The third-order valence-corrected chi connectivity index (χ3v) is 25.2. The first-order chi connectivity index (χ1) is 53.5. The molecule has 2 spiro atoms. The Morgan fingerprint density at radius 1 is 0.176 bits per heavy atom. The van der Waals surface area contributed by atoms with E-state index >= 15 is 0 Å². The van der Waals surface area contributed by atoms with Gasteiger partial charge in [-0.3, -0.25) is 0 Å². The van der Waals surface area contributed by atoms with Crippen molar-refractivity contribution in [2.45, 2.75) is 30.4 Å². The topological polar surface area (TPSA) is 51.6 Å². The molecular formula is C102H62N4S2. The van der Waals surface area contributed by atoms with Gasteiger partial charge in [0.15, 0.2) is 11.6 Å². The summed E-state index contributed by atoms with van der Waals surface area (Å²) in [5, 5.41) is 4.63. The van der Waals surface area contributed by atoms with E-state index in [4.69, 9.17) is 19.9 Å². The fraction of sp³-hybridized carbons (Fsp3) is 0.0196. The summed E-state index contributed by atoms with van der Waals surface area (Å²) in [7, 11) is 0. The Morgan fingerprint density at radius 3 is 1.01 bits per heavy atom. The zero-order chi connectivity index (χ0) is 71.0. The molecule has 0 bridgehead atoms. The Labute approximate surface area is 634 Å². The van der Waals surface area contributed by atoms with E-state index in [1.165, 1.54) is 103 Å². The van der Waals surface area contributed by atoms with Gasteiger partial charge >= 0.3 is 0 Å². The summed E-state index contributed by atoms with van der Waals surface area (Å²) in [5.74, 6) is 1.38. The van der Waals surface area contributed by atoms with E-state index in [1.807, 2.05) is 47.8 Å². The van der Waals surface area contributed by atoms with Crippen molar-refractivity contribution in [1.82, 2.24) is 19.9 Å². The minimum absolute atomic E-state index is 0.445. The molecular weight excluding hydrogens is 1350 g/mol. The van der Waals surface area contributed by atoms with Gasteiger partial charge in [0.05, 0.1) is 33.6 Å². The zero-order valence-electron chi connectivity index (χ0n) is 58.4. The van der Waals surface area contributed by atoms with Gasteiger partial charge in [0.2, 0.25) is 0 Å². The number of hydrogen-bond donors (Lipinski definition) is 0. The maximum Gasteiger partial charge on any atom is 0.160 e. The lowest BCUT2D eigenvalue weighted by Gasteiger charge is -2.40. The Balaban J connectivity index is 0.601. The van der Waals surface area contributed by atoms with Crippen LogP contribution in [0.15, 0.2) is 396 Å². The highest BCUT2D eigenvalue weighted by Gasteiger charge is 2.52. The van der Waals surface area contributed by atoms with Crippen molar-refractivity contribution in [2.24, 2.45) is 0 Å². The molecule has 4 aliphatic rings. The van der Waals surface area contributed by atoms with Crippen LogP contribution in [0.25, 0.3) is 145 Å². The van der Waals surface area contributed by atoms with E-state index in [0.717, 1.165) is 94.6 Å². The Kier molecular flexibility index (Phi) is 14.3. The second kappa shape index (κ2) is 24.8. The van der Waals surface area contributed by atoms with E-state index in [-0.39, 0.29) is 0 Å². The number of fused-ring (bicyclic) bond motifs is 20. The molecule has 502 valence electrons. The average molecular weight is 1410 g/mol. The summed E-state index contributed by atoms with van der Waals surface area (Å²) in [6.45, 7) is 0. The minimum atomic E-state index is -0.597. The molecule has 2 aromatic heterocycles. The number of aromatic nitrogens is 4. The maximum absolute atomic E-state index is 5.33. The van der Waals surface area contributed by atoms with Gasteiger partial charge in [0.25, 0.3) is 0 Å². The molecule has 4 heterocycles. The van der Waals surface area contributed by atoms with E-state index in [9.17, 15) is 0 Å². The lowest BCUT2D eigenvalue weighted by molar-refractivity contribution is 0.723. The molecule has 2 aliphatic carbocycles. The molecule has 108 heavy (non-hydrogen) atoms. The highest BCUT2D eigenvalue weighted by molar-refractivity contribution is 7.99. The molecule has 22 rings (SSSR count). The standard InChI is InChI=1S/C102H62N4S2/c1-3-21-68(22-4-1)99-103-91(66-42-38-63(39-43-66)73-50-53-96-88(58-73)101(87-36-17-18-37-95(87)107-96)83-32-13-9-27-78(83)79-28-10-14-33-84(79)101)61-93(105-99)76-49-48-70-56-71(46-47-72(70)57-76)75-52-55-98-90(60-75)102(85-34-15-11-29-80(85)81-30-12-16-35-86(81)102)89-59-74(51-54-97(89)108-98)64-40-44-67(45-41-64)92-62-94(106-100(104-92)69-23-5-2-6-24-69)82-31-19-25-65-20-7-8-26-77(65)82/h1-62H. The number of benzene rings is 16. The molecule has 0 N–H and O–H groups in total. The van der Waals surface area contributed by atoms with Crippen LogP contribution in [0.5, 0.6) is 0 Å². The lowest BCUT2D eigenvalue weighted by atomic mass is 9.66. The largest absolute Gasteiger partial charge is 0.228 e. The van der Waals surface area contributed by atoms with Crippen LogP contribution in [0.2, 0.25) is 0 Å². The van der Waals surface area contributed by atoms with Crippen LogP contribution in [0.1, 0.15) is 44.5 Å². The Hall–Kier alpha value is -13.1. The van der Waals surface area contributed by atoms with Gasteiger partial charge < -0.3 is 0 Å². The first-order valence-corrected chi connectivity index (χ1v) is 38.5. The van der Waals surface area contributed by atoms with Gasteiger partial charge in [0.1, 0.15) is 0 Å². The van der Waals surface area contributed by atoms with Crippen molar-refractivity contribution in [3.63, 3.8) is 0 Å². The molecule has 0 saturated heterocycles. The Bertz CT molecular complexity index is 6650. The number of nitrogens with zero attached hydrogens (tertiary/aromatic N) is 4. The SMILES string of the molecule is c1ccc(-c2nc(-c3ccc(-c4ccc5c(c4)C4(c6ccccc6S5)c5ccccc5-c5ccccc54)cc3)cc(-c3ccc4cc(-c5ccc6c(c5)C5(c7cc(-c8ccc(-c9cc(-c%10cccc%11ccccc%10%11)nc(-c%10ccccc%10)n9)cc8)ccc7S6)c6ccccc6-c6ccccc65)ccc4c3)n2)cc1. The maximum atomic E-state index is 5.33. The van der Waals surface area contributed by atoms with Gasteiger partial charge in [-0.2, -0.15) is 0 Å². The van der Waals surface area contributed by atoms with Gasteiger partial charge in [-0.25, -0.2) is 19.9 Å². The summed E-state index contributed by atoms with van der Waals surface area (Å²) >= 11 is 3.76. The van der Waals surface area contributed by atoms with Crippen molar-refractivity contribution in [2.75, 3.05) is 0 Å².